The Bertz CT molecular complexity index is 578. The van der Waals surface area contributed by atoms with E-state index in [0.29, 0.717) is 12.6 Å². The number of alkyl halides is 7. The standard InChI is InChI=1S/C14H12F7NO/c1-3-9-4-6-10(7-5-9)11(23)22(2)8-12(15,16)13(17,18)14(19,20)21/h3-7H,1,8H2,2H3. The van der Waals surface area contributed by atoms with Crippen molar-refractivity contribution in [2.45, 2.75) is 18.0 Å². The van der Waals surface area contributed by atoms with E-state index in [1.807, 2.05) is 0 Å². The molecule has 0 N–H and O–H groups in total. The summed E-state index contributed by atoms with van der Waals surface area (Å²) in [6.45, 7) is 1.37. The zero-order chi connectivity index (χ0) is 18.1. The Labute approximate surface area is 127 Å². The number of carbonyl (C=O) groups excluding carboxylic acids is 1. The number of carbonyl (C=O) groups is 1. The smallest absolute Gasteiger partial charge is 0.335 e. The van der Waals surface area contributed by atoms with Gasteiger partial charge in [0.25, 0.3) is 5.91 Å². The molecule has 0 atom stereocenters. The second-order valence-electron chi connectivity index (χ2n) is 4.76. The fourth-order valence-corrected chi connectivity index (χ4v) is 1.66. The van der Waals surface area contributed by atoms with E-state index in [9.17, 15) is 35.5 Å². The molecule has 128 valence electrons. The number of hydrogen-bond acceptors (Lipinski definition) is 1. The normalized spacial score (nSPS) is 12.9. The van der Waals surface area contributed by atoms with Crippen LogP contribution in [-0.4, -0.2) is 42.4 Å². The highest BCUT2D eigenvalue weighted by atomic mass is 19.4. The van der Waals surface area contributed by atoms with Crippen LogP contribution < -0.4 is 0 Å². The van der Waals surface area contributed by atoms with Gasteiger partial charge in [0, 0.05) is 12.6 Å². The minimum absolute atomic E-state index is 0.114. The highest BCUT2D eigenvalue weighted by Gasteiger charge is 2.73. The van der Waals surface area contributed by atoms with Crippen LogP contribution in [-0.2, 0) is 0 Å². The zero-order valence-electron chi connectivity index (χ0n) is 11.8. The van der Waals surface area contributed by atoms with Crippen LogP contribution in [0.25, 0.3) is 6.08 Å². The van der Waals surface area contributed by atoms with E-state index in [0.717, 1.165) is 0 Å². The third-order valence-electron chi connectivity index (χ3n) is 2.99. The summed E-state index contributed by atoms with van der Waals surface area (Å²) >= 11 is 0. The Balaban J connectivity index is 2.94. The molecule has 0 aliphatic carbocycles. The highest BCUT2D eigenvalue weighted by Crippen LogP contribution is 2.46. The molecule has 2 nitrogen and oxygen atoms in total. The monoisotopic (exact) mass is 343 g/mol. The van der Waals surface area contributed by atoms with Crippen molar-refractivity contribution in [2.24, 2.45) is 0 Å². The van der Waals surface area contributed by atoms with Crippen molar-refractivity contribution >= 4 is 12.0 Å². The van der Waals surface area contributed by atoms with E-state index in [-0.39, 0.29) is 10.5 Å². The molecule has 0 saturated heterocycles. The number of halogens is 7. The predicted octanol–water partition coefficient (Wildman–Crippen LogP) is 4.23. The number of nitrogens with zero attached hydrogens (tertiary/aromatic N) is 1. The van der Waals surface area contributed by atoms with E-state index >= 15 is 0 Å². The summed E-state index contributed by atoms with van der Waals surface area (Å²) in [5.74, 6) is -12.8. The molecule has 0 heterocycles. The van der Waals surface area contributed by atoms with Gasteiger partial charge in [-0.3, -0.25) is 4.79 Å². The van der Waals surface area contributed by atoms with Crippen molar-refractivity contribution in [3.05, 3.63) is 42.0 Å². The van der Waals surface area contributed by atoms with Crippen LogP contribution in [0.4, 0.5) is 30.7 Å². The zero-order valence-corrected chi connectivity index (χ0v) is 11.8. The summed E-state index contributed by atoms with van der Waals surface area (Å²) in [5, 5.41) is 0. The van der Waals surface area contributed by atoms with Crippen molar-refractivity contribution in [3.8, 4) is 0 Å². The Morgan fingerprint density at radius 2 is 1.57 bits per heavy atom. The van der Waals surface area contributed by atoms with E-state index < -0.39 is 30.5 Å². The van der Waals surface area contributed by atoms with E-state index in [1.54, 1.807) is 0 Å². The predicted molar refractivity (Wildman–Crippen MR) is 69.4 cm³/mol. The van der Waals surface area contributed by atoms with Crippen LogP contribution in [0.2, 0.25) is 0 Å². The van der Waals surface area contributed by atoms with Gasteiger partial charge in [-0.25, -0.2) is 0 Å². The molecular formula is C14H12F7NO. The fourth-order valence-electron chi connectivity index (χ4n) is 1.66. The summed E-state index contributed by atoms with van der Waals surface area (Å²) in [6, 6.07) is 5.26. The number of rotatable bonds is 5. The molecule has 0 fully saturated rings. The van der Waals surface area contributed by atoms with Crippen LogP contribution in [0.1, 0.15) is 15.9 Å². The Morgan fingerprint density at radius 3 is 1.96 bits per heavy atom. The first-order valence-corrected chi connectivity index (χ1v) is 6.14. The van der Waals surface area contributed by atoms with Crippen molar-refractivity contribution in [1.82, 2.24) is 4.90 Å². The second kappa shape index (κ2) is 6.21. The fraction of sp³-hybridized carbons (Fsp3) is 0.357. The van der Waals surface area contributed by atoms with Crippen molar-refractivity contribution in [1.29, 1.82) is 0 Å². The molecular weight excluding hydrogens is 331 g/mol. The lowest BCUT2D eigenvalue weighted by Crippen LogP contribution is -2.57. The molecule has 0 aliphatic rings. The lowest BCUT2D eigenvalue weighted by Gasteiger charge is -2.31. The molecule has 0 spiro atoms. The first-order chi connectivity index (χ1) is 10.3. The molecule has 9 heteroatoms. The maximum Gasteiger partial charge on any atom is 0.459 e. The largest absolute Gasteiger partial charge is 0.459 e. The molecule has 0 saturated carbocycles. The molecule has 1 amide bonds. The van der Waals surface area contributed by atoms with E-state index in [2.05, 4.69) is 6.58 Å². The number of hydrogen-bond donors (Lipinski definition) is 0. The quantitative estimate of drug-likeness (QED) is 0.733. The average molecular weight is 343 g/mol. The number of amides is 1. The summed E-state index contributed by atoms with van der Waals surface area (Å²) in [6.07, 6.45) is -4.98. The van der Waals surface area contributed by atoms with Gasteiger partial charge in [0.05, 0.1) is 6.54 Å². The summed E-state index contributed by atoms with van der Waals surface area (Å²) in [7, 11) is 0.712. The van der Waals surface area contributed by atoms with Gasteiger partial charge in [0.2, 0.25) is 0 Å². The maximum atomic E-state index is 13.3. The first kappa shape index (κ1) is 19.0. The molecule has 0 bridgehead atoms. The minimum Gasteiger partial charge on any atom is -0.335 e. The van der Waals surface area contributed by atoms with Gasteiger partial charge in [-0.15, -0.1) is 0 Å². The van der Waals surface area contributed by atoms with Gasteiger partial charge in [-0.05, 0) is 17.7 Å². The van der Waals surface area contributed by atoms with Crippen LogP contribution in [0.5, 0.6) is 0 Å². The lowest BCUT2D eigenvalue weighted by atomic mass is 10.1. The molecule has 1 aromatic carbocycles. The third-order valence-corrected chi connectivity index (χ3v) is 2.99. The minimum atomic E-state index is -6.42. The van der Waals surface area contributed by atoms with Gasteiger partial charge >= 0.3 is 18.0 Å². The molecule has 0 unspecified atom stereocenters. The first-order valence-electron chi connectivity index (χ1n) is 6.14. The van der Waals surface area contributed by atoms with Gasteiger partial charge in [-0.2, -0.15) is 30.7 Å². The topological polar surface area (TPSA) is 20.3 Å². The molecule has 0 aliphatic heterocycles. The van der Waals surface area contributed by atoms with Crippen molar-refractivity contribution in [2.75, 3.05) is 13.6 Å². The Morgan fingerprint density at radius 1 is 1.09 bits per heavy atom. The molecule has 0 aromatic heterocycles. The maximum absolute atomic E-state index is 13.3. The van der Waals surface area contributed by atoms with Crippen LogP contribution >= 0.6 is 0 Å². The van der Waals surface area contributed by atoms with Crippen LogP contribution in [0.3, 0.4) is 0 Å². The Hall–Kier alpha value is -2.06. The summed E-state index contributed by atoms with van der Waals surface area (Å²) < 4.78 is 88.3. The van der Waals surface area contributed by atoms with Gasteiger partial charge in [0.15, 0.2) is 0 Å². The third kappa shape index (κ3) is 3.83. The number of benzene rings is 1. The van der Waals surface area contributed by atoms with E-state index in [1.165, 1.54) is 30.3 Å². The molecule has 0 radical (unpaired) electrons. The van der Waals surface area contributed by atoms with Gasteiger partial charge in [-0.1, -0.05) is 24.8 Å². The lowest BCUT2D eigenvalue weighted by molar-refractivity contribution is -0.355. The van der Waals surface area contributed by atoms with Crippen LogP contribution in [0.15, 0.2) is 30.8 Å². The summed E-state index contributed by atoms with van der Waals surface area (Å²) in [5.41, 5.74) is 0.474. The van der Waals surface area contributed by atoms with Gasteiger partial charge in [0.1, 0.15) is 0 Å². The van der Waals surface area contributed by atoms with E-state index in [4.69, 9.17) is 0 Å². The molecule has 1 rings (SSSR count). The summed E-state index contributed by atoms with van der Waals surface area (Å²) in [4.78, 5) is 12.0. The highest BCUT2D eigenvalue weighted by molar-refractivity contribution is 5.94. The van der Waals surface area contributed by atoms with Crippen molar-refractivity contribution < 1.29 is 35.5 Å². The second-order valence-corrected chi connectivity index (χ2v) is 4.76. The van der Waals surface area contributed by atoms with Gasteiger partial charge < -0.3 is 4.90 Å². The average Bonchev–Trinajstić information content (AvgIpc) is 2.44. The molecule has 23 heavy (non-hydrogen) atoms. The molecule has 1 aromatic rings. The SMILES string of the molecule is C=Cc1ccc(C(=O)N(C)CC(F)(F)C(F)(F)C(F)(F)F)cc1. The van der Waals surface area contributed by atoms with Crippen LogP contribution in [0, 0.1) is 0 Å². The Kier molecular flexibility index (Phi) is 5.13. The van der Waals surface area contributed by atoms with Crippen molar-refractivity contribution in [3.63, 3.8) is 0 Å².